The number of carboxylic acid groups (broad SMARTS) is 2. The highest BCUT2D eigenvalue weighted by atomic mass is 32.2. The summed E-state index contributed by atoms with van der Waals surface area (Å²) in [6, 6.07) is -13.4. The fraction of sp³-hybridized carbons (Fsp3) is 0.673. The molecule has 2 rings (SSSR count). The summed E-state index contributed by atoms with van der Waals surface area (Å²) in [6.45, 7) is 8.51. The molecular weight excluding hydrogens is 1120 g/mol. The number of H-pyrrole nitrogens is 1. The number of thioether (sulfide) groups is 1. The summed E-state index contributed by atoms with van der Waals surface area (Å²) in [6.07, 6.45) is 2.61. The molecule has 0 radical (unpaired) electrons. The molecule has 0 aliphatic carbocycles. The van der Waals surface area contributed by atoms with Crippen molar-refractivity contribution >= 4 is 94.6 Å². The zero-order chi connectivity index (χ0) is 63.1. The first-order valence-electron chi connectivity index (χ1n) is 27.8. The number of imidazole rings is 1. The number of nitrogens with zero attached hydrogens (tertiary/aromatic N) is 2. The number of guanidine groups is 1. The number of carbonyl (C=O) groups excluding carboxylic acids is 11. The summed E-state index contributed by atoms with van der Waals surface area (Å²) < 4.78 is 0. The van der Waals surface area contributed by atoms with Crippen LogP contribution in [0.4, 0.5) is 0 Å². The van der Waals surface area contributed by atoms with Gasteiger partial charge in [0.1, 0.15) is 54.4 Å². The molecule has 84 heavy (non-hydrogen) atoms. The Hall–Kier alpha value is -8.06. The van der Waals surface area contributed by atoms with Crippen molar-refractivity contribution in [1.82, 2.24) is 63.1 Å². The number of carbonyl (C=O) groups is 13. The third-order valence-electron chi connectivity index (χ3n) is 12.8. The van der Waals surface area contributed by atoms with E-state index in [2.05, 4.69) is 68.1 Å². The molecule has 1 aromatic heterocycles. The molecule has 2 heterocycles. The van der Waals surface area contributed by atoms with Gasteiger partial charge in [0.05, 0.1) is 19.2 Å². The van der Waals surface area contributed by atoms with Gasteiger partial charge in [-0.25, -0.2) is 4.98 Å². The van der Waals surface area contributed by atoms with Crippen LogP contribution in [0.1, 0.15) is 130 Å². The van der Waals surface area contributed by atoms with E-state index in [1.165, 1.54) is 31.2 Å². The number of hydrogen-bond acceptors (Lipinski definition) is 16. The maximum absolute atomic E-state index is 14.2. The number of rotatable bonds is 20. The third kappa shape index (κ3) is 28.8. The number of nitrogens with two attached hydrogens (primary N) is 3. The first kappa shape index (κ1) is 72.0. The van der Waals surface area contributed by atoms with E-state index in [0.717, 1.165) is 0 Å². The van der Waals surface area contributed by atoms with Crippen molar-refractivity contribution in [2.45, 2.75) is 185 Å². The zero-order valence-corrected chi connectivity index (χ0v) is 49.3. The summed E-state index contributed by atoms with van der Waals surface area (Å²) in [5, 5.41) is 44.6. The number of primary amides is 1. The van der Waals surface area contributed by atoms with E-state index in [9.17, 15) is 72.5 Å². The Bertz CT molecular complexity index is 2440. The molecule has 470 valence electrons. The average Bonchev–Trinajstić information content (AvgIpc) is 4.03. The third-order valence-corrected chi connectivity index (χ3v) is 13.5. The van der Waals surface area contributed by atoms with Crippen LogP contribution in [-0.2, 0) is 68.7 Å². The van der Waals surface area contributed by atoms with Crippen LogP contribution in [0.25, 0.3) is 0 Å². The van der Waals surface area contributed by atoms with E-state index in [4.69, 9.17) is 17.2 Å². The molecule has 0 aromatic carbocycles. The molecule has 1 aromatic rings. The minimum absolute atomic E-state index is 0.00562. The van der Waals surface area contributed by atoms with Crippen molar-refractivity contribution in [2.75, 3.05) is 25.1 Å². The fourth-order valence-corrected chi connectivity index (χ4v) is 8.99. The number of aromatic nitrogens is 2. The van der Waals surface area contributed by atoms with E-state index >= 15 is 0 Å². The number of amides is 11. The first-order chi connectivity index (χ1) is 39.6. The Labute approximate surface area is 491 Å². The van der Waals surface area contributed by atoms with Crippen molar-refractivity contribution < 1.29 is 72.5 Å². The molecule has 31 nitrogen and oxygen atoms in total. The van der Waals surface area contributed by atoms with Crippen molar-refractivity contribution in [3.8, 4) is 0 Å². The molecule has 0 bridgehead atoms. The number of aliphatic imine (C=N–C) groups is 1. The molecule has 0 unspecified atom stereocenters. The SMILES string of the molecule is CSCC[C@@H]1NC(=O)[C@H](CCCN=C(N)N)NC(=O)[C@H](CCC(=O)O)NC(=O)[C@H](CC(=O)O)NC(=O)CCCCCCNC(=O)[C@H](CC(C)C)NC(=O)[C@H](CC(N)=O)NC(=O)[C@H](Cc2cnc[nH]2)NC(=O)[C@H](CC(C)C)NC(=O)[C@H](C)NC1=O. The Kier molecular flexibility index (Phi) is 32.5. The molecule has 9 atom stereocenters. The molecule has 1 aliphatic heterocycles. The maximum Gasteiger partial charge on any atom is 0.305 e. The minimum atomic E-state index is -1.75. The van der Waals surface area contributed by atoms with E-state index in [0.29, 0.717) is 25.0 Å². The lowest BCUT2D eigenvalue weighted by Crippen LogP contribution is -2.60. The Morgan fingerprint density at radius 3 is 1.63 bits per heavy atom. The van der Waals surface area contributed by atoms with Gasteiger partial charge in [0, 0.05) is 44.2 Å². The van der Waals surface area contributed by atoms with E-state index < -0.39 is 157 Å². The van der Waals surface area contributed by atoms with Gasteiger partial charge >= 0.3 is 11.9 Å². The average molecular weight is 1210 g/mol. The van der Waals surface area contributed by atoms with Gasteiger partial charge < -0.3 is 85.6 Å². The van der Waals surface area contributed by atoms with Gasteiger partial charge in [-0.2, -0.15) is 11.8 Å². The quantitative estimate of drug-likeness (QED) is 0.0343. The van der Waals surface area contributed by atoms with Gasteiger partial charge in [-0.05, 0) is 82.1 Å². The summed E-state index contributed by atoms with van der Waals surface area (Å²) in [5.74, 6) is -13.3. The predicted octanol–water partition coefficient (Wildman–Crippen LogP) is -3.47. The lowest BCUT2D eigenvalue weighted by molar-refractivity contribution is -0.141. The second-order valence-corrected chi connectivity index (χ2v) is 22.2. The summed E-state index contributed by atoms with van der Waals surface area (Å²) in [5.41, 5.74) is 16.9. The number of nitrogens with one attached hydrogen (secondary N) is 11. The summed E-state index contributed by atoms with van der Waals surface area (Å²) >= 11 is 1.31. The second kappa shape index (κ2) is 37.9. The van der Waals surface area contributed by atoms with Gasteiger partial charge in [0.25, 0.3) is 0 Å². The van der Waals surface area contributed by atoms with E-state index in [1.54, 1.807) is 34.0 Å². The van der Waals surface area contributed by atoms with Crippen molar-refractivity contribution in [3.05, 3.63) is 18.2 Å². The van der Waals surface area contributed by atoms with Gasteiger partial charge in [0.15, 0.2) is 5.96 Å². The van der Waals surface area contributed by atoms with Gasteiger partial charge in [0.2, 0.25) is 65.0 Å². The largest absolute Gasteiger partial charge is 0.481 e. The van der Waals surface area contributed by atoms with Gasteiger partial charge in [-0.1, -0.05) is 40.5 Å². The van der Waals surface area contributed by atoms with Crippen LogP contribution in [-0.4, -0.2) is 183 Å². The van der Waals surface area contributed by atoms with Crippen LogP contribution in [0, 0.1) is 11.8 Å². The highest BCUT2D eigenvalue weighted by Crippen LogP contribution is 2.13. The topological polar surface area (TPSA) is 502 Å². The molecule has 1 saturated heterocycles. The first-order valence-corrected chi connectivity index (χ1v) is 29.2. The highest BCUT2D eigenvalue weighted by molar-refractivity contribution is 7.98. The lowest BCUT2D eigenvalue weighted by Gasteiger charge is -2.28. The molecule has 1 fully saturated rings. The number of hydrogen-bond donors (Lipinski definition) is 16. The van der Waals surface area contributed by atoms with Crippen LogP contribution in [0.2, 0.25) is 0 Å². The van der Waals surface area contributed by atoms with Crippen molar-refractivity contribution in [3.63, 3.8) is 0 Å². The summed E-state index contributed by atoms with van der Waals surface area (Å²) in [4.78, 5) is 186. The van der Waals surface area contributed by atoms with Crippen LogP contribution in [0.5, 0.6) is 0 Å². The molecule has 0 saturated carbocycles. The van der Waals surface area contributed by atoms with Gasteiger partial charge in [-0.15, -0.1) is 0 Å². The van der Waals surface area contributed by atoms with E-state index in [-0.39, 0.29) is 88.0 Å². The summed E-state index contributed by atoms with van der Waals surface area (Å²) in [7, 11) is 0. The molecule has 1 aliphatic rings. The van der Waals surface area contributed by atoms with Crippen LogP contribution >= 0.6 is 11.8 Å². The predicted molar refractivity (Wildman–Crippen MR) is 306 cm³/mol. The normalized spacial score (nSPS) is 24.2. The molecule has 11 amide bonds. The smallest absolute Gasteiger partial charge is 0.305 e. The fourth-order valence-electron chi connectivity index (χ4n) is 8.51. The number of aromatic amines is 1. The standard InChI is InChI=1S/C52H86N16O15S/c1-27(2)20-34-44(76)57-17-10-8-7-9-13-40(70)61-38(24-42(73)74)51(83)63-32(14-15-41(71)72)47(79)62-31(12-11-18-58-52(54)55)46(78)64-33(16-19-84-6)45(77)60-29(5)43(75)65-35(21-28(3)4)48(80)67-36(22-30-25-56-26-59-30)49(81)68-37(23-39(53)69)50(82)66-34/h25-29,31-38H,7-24H2,1-6H3,(H2,53,69)(H,56,59)(H,57,76)(H,60,77)(H,61,70)(H,62,79)(H,63,83)(H,64,78)(H,65,75)(H,66,82)(H,67,80)(H,68,81)(H,71,72)(H,73,74)(H4,54,55,58)/t29-,31-,32-,33-,34-,35-,36-,37-,38-/m0/s1. The highest BCUT2D eigenvalue weighted by Gasteiger charge is 2.36. The van der Waals surface area contributed by atoms with Crippen LogP contribution < -0.4 is 70.4 Å². The van der Waals surface area contributed by atoms with Gasteiger partial charge in [-0.3, -0.25) is 67.3 Å². The number of aliphatic carboxylic acids is 2. The Morgan fingerprint density at radius 2 is 1.08 bits per heavy atom. The number of carboxylic acids is 2. The lowest BCUT2D eigenvalue weighted by atomic mass is 10.0. The minimum Gasteiger partial charge on any atom is -0.481 e. The van der Waals surface area contributed by atoms with Crippen LogP contribution in [0.15, 0.2) is 17.5 Å². The monoisotopic (exact) mass is 1210 g/mol. The molecule has 19 N–H and O–H groups in total. The second-order valence-electron chi connectivity index (χ2n) is 21.2. The zero-order valence-electron chi connectivity index (χ0n) is 48.5. The molecule has 32 heteroatoms. The molecule has 0 spiro atoms. The van der Waals surface area contributed by atoms with E-state index in [1.807, 2.05) is 0 Å². The van der Waals surface area contributed by atoms with Crippen molar-refractivity contribution in [2.24, 2.45) is 34.0 Å². The van der Waals surface area contributed by atoms with Crippen molar-refractivity contribution in [1.29, 1.82) is 0 Å². The molecular formula is C52H86N16O15S. The Morgan fingerprint density at radius 1 is 0.595 bits per heavy atom. The maximum atomic E-state index is 14.2. The Balaban J connectivity index is 2.69. The van der Waals surface area contributed by atoms with Crippen LogP contribution in [0.3, 0.4) is 0 Å².